The van der Waals surface area contributed by atoms with Crippen LogP contribution in [0.2, 0.25) is 5.02 Å². The van der Waals surface area contributed by atoms with Crippen molar-refractivity contribution in [3.63, 3.8) is 0 Å². The molecule has 0 saturated carbocycles. The van der Waals surface area contributed by atoms with Crippen molar-refractivity contribution in [3.05, 3.63) is 83.2 Å². The Hall–Kier alpha value is -3.71. The van der Waals surface area contributed by atoms with Gasteiger partial charge in [0.25, 0.3) is 11.8 Å². The van der Waals surface area contributed by atoms with Gasteiger partial charge in [0, 0.05) is 16.8 Å². The molecule has 1 aromatic heterocycles. The average molecular weight is 393 g/mol. The highest BCUT2D eigenvalue weighted by molar-refractivity contribution is 6.39. The predicted octanol–water partition coefficient (Wildman–Crippen LogP) is 3.19. The molecule has 0 aliphatic carbocycles. The lowest BCUT2D eigenvalue weighted by Gasteiger charge is -2.26. The lowest BCUT2D eigenvalue weighted by molar-refractivity contribution is -0.122. The van der Waals surface area contributed by atoms with E-state index in [0.717, 1.165) is 10.6 Å². The minimum Gasteiger partial charge on any atom is -0.273 e. The van der Waals surface area contributed by atoms with Crippen molar-refractivity contribution in [3.8, 4) is 5.69 Å². The molecule has 1 aliphatic heterocycles. The Balaban J connectivity index is 1.69. The smallest absolute Gasteiger partial charge is 0.273 e. The molecule has 3 aromatic rings. The van der Waals surface area contributed by atoms with Crippen molar-refractivity contribution in [1.82, 2.24) is 15.1 Å². The summed E-state index contributed by atoms with van der Waals surface area (Å²) in [7, 11) is 0. The molecular formula is C20H13ClN4O3. The van der Waals surface area contributed by atoms with E-state index in [0.29, 0.717) is 10.6 Å². The highest BCUT2D eigenvalue weighted by atomic mass is 35.5. The molecular weight excluding hydrogens is 380 g/mol. The molecule has 0 atom stereocenters. The summed E-state index contributed by atoms with van der Waals surface area (Å²) < 4.78 is 1.62. The van der Waals surface area contributed by atoms with Gasteiger partial charge >= 0.3 is 6.03 Å². The molecule has 1 N–H and O–H groups in total. The van der Waals surface area contributed by atoms with Gasteiger partial charge in [0.15, 0.2) is 0 Å². The molecule has 4 amide bonds. The third-order valence-electron chi connectivity index (χ3n) is 4.10. The molecule has 4 rings (SSSR count). The highest BCUT2D eigenvalue weighted by Crippen LogP contribution is 2.24. The number of imide groups is 2. The minimum atomic E-state index is -0.825. The first-order valence-corrected chi connectivity index (χ1v) is 8.68. The summed E-state index contributed by atoms with van der Waals surface area (Å²) in [6.45, 7) is 0. The average Bonchev–Trinajstić information content (AvgIpc) is 3.14. The summed E-state index contributed by atoms with van der Waals surface area (Å²) in [6, 6.07) is 14.8. The van der Waals surface area contributed by atoms with E-state index in [1.165, 1.54) is 18.3 Å². The van der Waals surface area contributed by atoms with E-state index in [9.17, 15) is 14.4 Å². The summed E-state index contributed by atoms with van der Waals surface area (Å²) in [5.41, 5.74) is 1.48. The fourth-order valence-corrected chi connectivity index (χ4v) is 2.99. The number of anilines is 1. The Kier molecular flexibility index (Phi) is 4.50. The second-order valence-corrected chi connectivity index (χ2v) is 6.43. The number of carbonyl (C=O) groups is 3. The fraction of sp³-hybridized carbons (Fsp3) is 0. The number of hydrogen-bond donors (Lipinski definition) is 1. The van der Waals surface area contributed by atoms with Crippen LogP contribution in [0.4, 0.5) is 10.5 Å². The van der Waals surface area contributed by atoms with Crippen molar-refractivity contribution >= 4 is 41.2 Å². The van der Waals surface area contributed by atoms with E-state index in [4.69, 9.17) is 11.6 Å². The summed E-state index contributed by atoms with van der Waals surface area (Å²) in [5.74, 6) is -1.50. The van der Waals surface area contributed by atoms with Gasteiger partial charge in [-0.25, -0.2) is 14.4 Å². The second-order valence-electron chi connectivity index (χ2n) is 5.99. The molecule has 1 saturated heterocycles. The molecule has 8 heteroatoms. The number of aromatic nitrogens is 2. The van der Waals surface area contributed by atoms with Gasteiger partial charge in [0.05, 0.1) is 17.6 Å². The van der Waals surface area contributed by atoms with Crippen LogP contribution in [0.3, 0.4) is 0 Å². The molecule has 1 aliphatic rings. The number of nitrogens with zero attached hydrogens (tertiary/aromatic N) is 3. The van der Waals surface area contributed by atoms with E-state index in [2.05, 4.69) is 10.4 Å². The van der Waals surface area contributed by atoms with E-state index in [1.54, 1.807) is 29.1 Å². The lowest BCUT2D eigenvalue weighted by Crippen LogP contribution is -2.54. The number of nitrogens with one attached hydrogen (secondary N) is 1. The second kappa shape index (κ2) is 7.13. The first kappa shape index (κ1) is 17.7. The van der Waals surface area contributed by atoms with Crippen molar-refractivity contribution in [2.75, 3.05) is 4.90 Å². The monoisotopic (exact) mass is 392 g/mol. The number of carbonyl (C=O) groups excluding carboxylic acids is 3. The van der Waals surface area contributed by atoms with Crippen molar-refractivity contribution in [2.24, 2.45) is 0 Å². The predicted molar refractivity (Wildman–Crippen MR) is 104 cm³/mol. The Morgan fingerprint density at radius 2 is 1.71 bits per heavy atom. The van der Waals surface area contributed by atoms with Gasteiger partial charge in [-0.05, 0) is 36.4 Å². The molecule has 0 bridgehead atoms. The maximum Gasteiger partial charge on any atom is 0.335 e. The van der Waals surface area contributed by atoms with Crippen LogP contribution in [-0.2, 0) is 9.59 Å². The number of hydrogen-bond acceptors (Lipinski definition) is 4. The quantitative estimate of drug-likeness (QED) is 0.548. The highest BCUT2D eigenvalue weighted by Gasteiger charge is 2.36. The molecule has 2 aromatic carbocycles. The number of para-hydroxylation sites is 1. The number of rotatable bonds is 3. The van der Waals surface area contributed by atoms with Crippen LogP contribution in [0.15, 0.2) is 72.6 Å². The van der Waals surface area contributed by atoms with Crippen LogP contribution in [0.1, 0.15) is 5.56 Å². The molecule has 0 radical (unpaired) electrons. The van der Waals surface area contributed by atoms with E-state index in [1.807, 2.05) is 30.3 Å². The molecule has 1 fully saturated rings. The van der Waals surface area contributed by atoms with Gasteiger partial charge in [-0.2, -0.15) is 5.10 Å². The third kappa shape index (κ3) is 3.30. The van der Waals surface area contributed by atoms with E-state index < -0.39 is 17.8 Å². The maximum atomic E-state index is 12.8. The van der Waals surface area contributed by atoms with Crippen LogP contribution >= 0.6 is 11.6 Å². The Morgan fingerprint density at radius 1 is 0.964 bits per heavy atom. The zero-order chi connectivity index (χ0) is 19.7. The number of amides is 4. The molecule has 0 spiro atoms. The van der Waals surface area contributed by atoms with Crippen LogP contribution in [0.25, 0.3) is 11.8 Å². The van der Waals surface area contributed by atoms with Crippen molar-refractivity contribution in [2.45, 2.75) is 0 Å². The van der Waals surface area contributed by atoms with Crippen molar-refractivity contribution < 1.29 is 14.4 Å². The molecule has 7 nitrogen and oxygen atoms in total. The maximum absolute atomic E-state index is 12.8. The largest absolute Gasteiger partial charge is 0.335 e. The Bertz CT molecular complexity index is 1120. The number of urea groups is 1. The summed E-state index contributed by atoms with van der Waals surface area (Å²) >= 11 is 5.95. The standard InChI is InChI=1S/C20H13ClN4O3/c21-14-5-4-8-16(10-14)25-19(27)17(18(26)23-20(25)28)9-13-11-22-24(12-13)15-6-2-1-3-7-15/h1-12H,(H,23,26,28)/b17-9-. The van der Waals surface area contributed by atoms with E-state index in [-0.39, 0.29) is 11.3 Å². The summed E-state index contributed by atoms with van der Waals surface area (Å²) in [4.78, 5) is 38.2. The molecule has 0 unspecified atom stereocenters. The van der Waals surface area contributed by atoms with Crippen LogP contribution in [-0.4, -0.2) is 27.6 Å². The van der Waals surface area contributed by atoms with Gasteiger partial charge < -0.3 is 0 Å². The molecule has 138 valence electrons. The lowest BCUT2D eigenvalue weighted by atomic mass is 10.1. The van der Waals surface area contributed by atoms with E-state index >= 15 is 0 Å². The molecule has 28 heavy (non-hydrogen) atoms. The zero-order valence-corrected chi connectivity index (χ0v) is 15.1. The fourth-order valence-electron chi connectivity index (χ4n) is 2.81. The number of barbiturate groups is 1. The first-order valence-electron chi connectivity index (χ1n) is 8.30. The van der Waals surface area contributed by atoms with Gasteiger partial charge in [-0.1, -0.05) is 35.9 Å². The summed E-state index contributed by atoms with van der Waals surface area (Å²) in [5, 5.41) is 6.78. The van der Waals surface area contributed by atoms with Crippen LogP contribution < -0.4 is 10.2 Å². The molecule has 2 heterocycles. The normalized spacial score (nSPS) is 15.8. The minimum absolute atomic E-state index is 0.174. The zero-order valence-electron chi connectivity index (χ0n) is 14.4. The summed E-state index contributed by atoms with van der Waals surface area (Å²) in [6.07, 6.45) is 4.61. The van der Waals surface area contributed by atoms with Gasteiger partial charge in [0.2, 0.25) is 0 Å². The first-order chi connectivity index (χ1) is 13.5. The van der Waals surface area contributed by atoms with Gasteiger partial charge in [-0.15, -0.1) is 0 Å². The number of halogens is 1. The third-order valence-corrected chi connectivity index (χ3v) is 4.34. The van der Waals surface area contributed by atoms with Gasteiger partial charge in [-0.3, -0.25) is 14.9 Å². The van der Waals surface area contributed by atoms with Crippen LogP contribution in [0, 0.1) is 0 Å². The number of benzene rings is 2. The SMILES string of the molecule is O=C1NC(=O)N(c2cccc(Cl)c2)C(=O)/C1=C\c1cnn(-c2ccccc2)c1. The Morgan fingerprint density at radius 3 is 2.46 bits per heavy atom. The van der Waals surface area contributed by atoms with Crippen LogP contribution in [0.5, 0.6) is 0 Å². The topological polar surface area (TPSA) is 84.3 Å². The van der Waals surface area contributed by atoms with Gasteiger partial charge in [0.1, 0.15) is 5.57 Å². The van der Waals surface area contributed by atoms with Crippen molar-refractivity contribution in [1.29, 1.82) is 0 Å². The Labute approximate surface area is 164 Å².